The molecule has 1 aromatic rings. The van der Waals surface area contributed by atoms with Gasteiger partial charge in [-0.2, -0.15) is 0 Å². The zero-order valence-corrected chi connectivity index (χ0v) is 18.2. The van der Waals surface area contributed by atoms with E-state index in [2.05, 4.69) is 37.0 Å². The molecule has 0 fully saturated rings. The molecule has 1 atom stereocenters. The molecule has 1 aromatic carbocycles. The van der Waals surface area contributed by atoms with Gasteiger partial charge in [0.15, 0.2) is 0 Å². The summed E-state index contributed by atoms with van der Waals surface area (Å²) in [6, 6.07) is 6.70. The fourth-order valence-electron chi connectivity index (χ4n) is 3.57. The van der Waals surface area contributed by atoms with E-state index in [4.69, 9.17) is 19.9 Å². The normalized spacial score (nSPS) is 15.2. The van der Waals surface area contributed by atoms with Gasteiger partial charge in [0.05, 0.1) is 26.4 Å². The van der Waals surface area contributed by atoms with Crippen LogP contribution < -0.4 is 5.73 Å². The van der Waals surface area contributed by atoms with Gasteiger partial charge in [-0.15, -0.1) is 0 Å². The van der Waals surface area contributed by atoms with Crippen molar-refractivity contribution in [3.05, 3.63) is 34.9 Å². The number of benzene rings is 1. The second kappa shape index (κ2) is 15.5. The van der Waals surface area contributed by atoms with Crippen LogP contribution in [0.1, 0.15) is 62.1 Å². The second-order valence-electron chi connectivity index (χ2n) is 7.94. The molecule has 1 aliphatic rings. The van der Waals surface area contributed by atoms with Gasteiger partial charge < -0.3 is 19.9 Å². The van der Waals surface area contributed by atoms with E-state index in [1.165, 1.54) is 24.0 Å². The fourth-order valence-corrected chi connectivity index (χ4v) is 3.57. The molecule has 29 heavy (non-hydrogen) atoms. The third-order valence-electron chi connectivity index (χ3n) is 5.15. The highest BCUT2D eigenvalue weighted by Gasteiger charge is 2.17. The maximum atomic E-state index is 5.61. The van der Waals surface area contributed by atoms with Gasteiger partial charge in [0, 0.05) is 25.2 Å². The maximum absolute atomic E-state index is 5.61. The number of hydrogen-bond acceptors (Lipinski definition) is 4. The van der Waals surface area contributed by atoms with Gasteiger partial charge in [-0.05, 0) is 80.7 Å². The van der Waals surface area contributed by atoms with Gasteiger partial charge in [-0.3, -0.25) is 0 Å². The minimum absolute atomic E-state index is 0.632. The quantitative estimate of drug-likeness (QED) is 0.355. The van der Waals surface area contributed by atoms with Crippen LogP contribution in [0.25, 0.3) is 0 Å². The summed E-state index contributed by atoms with van der Waals surface area (Å²) in [6.07, 6.45) is 8.77. The molecule has 4 nitrogen and oxygen atoms in total. The fraction of sp³-hybridized carbons (Fsp3) is 0.680. The van der Waals surface area contributed by atoms with Gasteiger partial charge in [0.2, 0.25) is 0 Å². The van der Waals surface area contributed by atoms with E-state index >= 15 is 0 Å². The Morgan fingerprint density at radius 2 is 1.48 bits per heavy atom. The van der Waals surface area contributed by atoms with Crippen molar-refractivity contribution in [3.63, 3.8) is 0 Å². The summed E-state index contributed by atoms with van der Waals surface area (Å²) in [7, 11) is 0. The molecular weight excluding hydrogens is 362 g/mol. The maximum Gasteiger partial charge on any atom is 0.0701 e. The van der Waals surface area contributed by atoms with Gasteiger partial charge in [-0.1, -0.05) is 24.8 Å². The smallest absolute Gasteiger partial charge is 0.0701 e. The first-order valence-electron chi connectivity index (χ1n) is 11.3. The zero-order chi connectivity index (χ0) is 20.6. The molecular formula is C25H39NO3. The van der Waals surface area contributed by atoms with E-state index in [9.17, 15) is 0 Å². The molecule has 162 valence electrons. The Morgan fingerprint density at radius 3 is 2.21 bits per heavy atom. The molecule has 2 N–H and O–H groups in total. The lowest BCUT2D eigenvalue weighted by molar-refractivity contribution is 0.0133. The van der Waals surface area contributed by atoms with Crippen molar-refractivity contribution in [1.29, 1.82) is 0 Å². The summed E-state index contributed by atoms with van der Waals surface area (Å²) in [5.41, 5.74) is 9.61. The number of fused-ring (bicyclic) bond motifs is 1. The highest BCUT2D eigenvalue weighted by atomic mass is 16.5. The molecule has 2 rings (SSSR count). The first kappa shape index (κ1) is 23.9. The summed E-state index contributed by atoms with van der Waals surface area (Å²) in [5, 5.41) is 0. The van der Waals surface area contributed by atoms with Gasteiger partial charge in [0.1, 0.15) is 0 Å². The van der Waals surface area contributed by atoms with Crippen LogP contribution in [0.5, 0.6) is 0 Å². The lowest BCUT2D eigenvalue weighted by Gasteiger charge is -2.06. The first-order chi connectivity index (χ1) is 14.3. The lowest BCUT2D eigenvalue weighted by atomic mass is 10.1. The summed E-state index contributed by atoms with van der Waals surface area (Å²) >= 11 is 0. The van der Waals surface area contributed by atoms with Crippen LogP contribution in [0.3, 0.4) is 0 Å². The van der Waals surface area contributed by atoms with Crippen LogP contribution in [0.2, 0.25) is 0 Å². The summed E-state index contributed by atoms with van der Waals surface area (Å²) in [6.45, 7) is 7.24. The summed E-state index contributed by atoms with van der Waals surface area (Å²) in [4.78, 5) is 0. The monoisotopic (exact) mass is 401 g/mol. The van der Waals surface area contributed by atoms with Crippen molar-refractivity contribution in [2.24, 2.45) is 11.7 Å². The van der Waals surface area contributed by atoms with Crippen molar-refractivity contribution in [2.75, 3.05) is 46.2 Å². The van der Waals surface area contributed by atoms with Crippen LogP contribution >= 0.6 is 0 Å². The largest absolute Gasteiger partial charge is 0.379 e. The van der Waals surface area contributed by atoms with E-state index in [1.54, 1.807) is 0 Å². The van der Waals surface area contributed by atoms with Crippen molar-refractivity contribution in [1.82, 2.24) is 0 Å². The molecule has 0 spiro atoms. The molecule has 0 aliphatic heterocycles. The van der Waals surface area contributed by atoms with Crippen LogP contribution in [-0.2, 0) is 27.1 Å². The molecule has 0 amide bonds. The van der Waals surface area contributed by atoms with Gasteiger partial charge in [0.25, 0.3) is 0 Å². The topological polar surface area (TPSA) is 53.7 Å². The molecule has 1 unspecified atom stereocenters. The Hall–Kier alpha value is -1.38. The number of unbranched alkanes of at least 4 members (excludes halogenated alkanes) is 4. The van der Waals surface area contributed by atoms with Crippen LogP contribution in [0.15, 0.2) is 18.2 Å². The average Bonchev–Trinajstić information content (AvgIpc) is 3.09. The molecule has 1 aliphatic carbocycles. The van der Waals surface area contributed by atoms with E-state index in [0.717, 1.165) is 69.8 Å². The number of rotatable bonds is 15. The van der Waals surface area contributed by atoms with Crippen LogP contribution in [0.4, 0.5) is 0 Å². The predicted molar refractivity (Wildman–Crippen MR) is 119 cm³/mol. The Kier molecular flexibility index (Phi) is 12.7. The van der Waals surface area contributed by atoms with Crippen molar-refractivity contribution >= 4 is 0 Å². The van der Waals surface area contributed by atoms with Crippen LogP contribution in [0, 0.1) is 17.8 Å². The molecule has 0 aromatic heterocycles. The van der Waals surface area contributed by atoms with E-state index in [-0.39, 0.29) is 0 Å². The van der Waals surface area contributed by atoms with Crippen molar-refractivity contribution < 1.29 is 14.2 Å². The number of hydrogen-bond donors (Lipinski definition) is 1. The number of nitrogens with two attached hydrogens (primary N) is 1. The van der Waals surface area contributed by atoms with Crippen molar-refractivity contribution in [2.45, 2.75) is 58.3 Å². The molecule has 4 heteroatoms. The Morgan fingerprint density at radius 1 is 0.828 bits per heavy atom. The zero-order valence-electron chi connectivity index (χ0n) is 18.2. The molecule has 0 heterocycles. The second-order valence-corrected chi connectivity index (χ2v) is 7.94. The van der Waals surface area contributed by atoms with E-state index in [0.29, 0.717) is 26.4 Å². The average molecular weight is 402 g/mol. The van der Waals surface area contributed by atoms with Crippen molar-refractivity contribution in [3.8, 4) is 11.8 Å². The summed E-state index contributed by atoms with van der Waals surface area (Å²) < 4.78 is 16.6. The minimum atomic E-state index is 0.632. The number of ether oxygens (including phenoxy) is 3. The molecule has 0 bridgehead atoms. The highest BCUT2D eigenvalue weighted by Crippen LogP contribution is 2.26. The Bertz CT molecular complexity index is 620. The minimum Gasteiger partial charge on any atom is -0.379 e. The van der Waals surface area contributed by atoms with E-state index in [1.807, 2.05) is 0 Å². The molecule has 0 radical (unpaired) electrons. The lowest BCUT2D eigenvalue weighted by Crippen LogP contribution is -2.10. The third-order valence-corrected chi connectivity index (χ3v) is 5.15. The standard InChI is InChI=1S/C25H39NO3/c1-22-19-24-11-10-23(21-25(24)20-22)9-5-2-3-7-13-27-15-17-29-18-16-28-14-8-4-6-12-26/h10-11,21-22H,2-4,6-8,12-20,26H2,1H3. The molecule has 0 saturated carbocycles. The Labute approximate surface area is 177 Å². The Balaban J connectivity index is 1.37. The predicted octanol–water partition coefficient (Wildman–Crippen LogP) is 4.12. The summed E-state index contributed by atoms with van der Waals surface area (Å²) in [5.74, 6) is 7.39. The van der Waals surface area contributed by atoms with E-state index < -0.39 is 0 Å². The van der Waals surface area contributed by atoms with Gasteiger partial charge >= 0.3 is 0 Å². The highest BCUT2D eigenvalue weighted by molar-refractivity contribution is 5.43. The molecule has 0 saturated heterocycles. The SMILES string of the molecule is CC1Cc2ccc(C#CCCCCOCCOCCOCCCCCN)cc2C1. The van der Waals surface area contributed by atoms with Gasteiger partial charge in [-0.25, -0.2) is 0 Å². The van der Waals surface area contributed by atoms with Crippen LogP contribution in [-0.4, -0.2) is 46.2 Å². The first-order valence-corrected chi connectivity index (χ1v) is 11.3. The third kappa shape index (κ3) is 10.8.